The standard InChI is InChI=1S/C23H25N3O4/c1-26(2)15-17-4-6-20-13-16(3-5-21(20)14-17)11-12-30-25-23(28)19-9-7-18(8-10-19)22(27)24-29/h3-10,13-14,29H,11-12,15H2,1-2H3,(H,24,27)(H,25,28). The predicted octanol–water partition coefficient (Wildman–Crippen LogP) is 2.92. The Bertz CT molecular complexity index is 1030. The molecule has 0 radical (unpaired) electrons. The van der Waals surface area contributed by atoms with E-state index >= 15 is 0 Å². The molecule has 0 aromatic heterocycles. The molecule has 0 atom stereocenters. The highest BCUT2D eigenvalue weighted by Crippen LogP contribution is 2.19. The number of nitrogens with one attached hydrogen (secondary N) is 2. The Morgan fingerprint density at radius 2 is 1.43 bits per heavy atom. The first-order valence-electron chi connectivity index (χ1n) is 9.59. The van der Waals surface area contributed by atoms with Gasteiger partial charge in [0, 0.05) is 17.7 Å². The number of carbonyl (C=O) groups excluding carboxylic acids is 2. The van der Waals surface area contributed by atoms with Gasteiger partial charge in [-0.2, -0.15) is 0 Å². The molecule has 0 spiro atoms. The summed E-state index contributed by atoms with van der Waals surface area (Å²) in [5, 5.41) is 11.0. The number of nitrogens with zero attached hydrogens (tertiary/aromatic N) is 1. The molecule has 156 valence electrons. The number of hydrogen-bond donors (Lipinski definition) is 3. The summed E-state index contributed by atoms with van der Waals surface area (Å²) in [6.07, 6.45) is 0.658. The highest BCUT2D eigenvalue weighted by Gasteiger charge is 2.08. The summed E-state index contributed by atoms with van der Waals surface area (Å²) < 4.78 is 0. The first-order chi connectivity index (χ1) is 14.5. The number of fused-ring (bicyclic) bond motifs is 1. The third-order valence-corrected chi connectivity index (χ3v) is 4.64. The Hall–Kier alpha value is -3.26. The SMILES string of the molecule is CN(C)Cc1ccc2cc(CCONC(=O)c3ccc(C(=O)NO)cc3)ccc2c1. The highest BCUT2D eigenvalue weighted by atomic mass is 16.6. The molecule has 0 unspecified atom stereocenters. The topological polar surface area (TPSA) is 90.9 Å². The number of carbonyl (C=O) groups is 2. The van der Waals surface area contributed by atoms with Gasteiger partial charge in [0.2, 0.25) is 0 Å². The minimum absolute atomic E-state index is 0.250. The molecule has 7 nitrogen and oxygen atoms in total. The van der Waals surface area contributed by atoms with Gasteiger partial charge in [0.15, 0.2) is 0 Å². The molecular formula is C23H25N3O4. The number of hydrogen-bond acceptors (Lipinski definition) is 5. The van der Waals surface area contributed by atoms with E-state index < -0.39 is 11.8 Å². The van der Waals surface area contributed by atoms with Gasteiger partial charge in [-0.3, -0.25) is 19.6 Å². The van der Waals surface area contributed by atoms with Crippen LogP contribution in [0.15, 0.2) is 60.7 Å². The molecule has 0 heterocycles. The molecule has 0 bridgehead atoms. The molecule has 3 N–H and O–H groups in total. The van der Waals surface area contributed by atoms with Crippen LogP contribution < -0.4 is 11.0 Å². The largest absolute Gasteiger partial charge is 0.305 e. The quantitative estimate of drug-likeness (QED) is 0.303. The van der Waals surface area contributed by atoms with Crippen LogP contribution in [-0.4, -0.2) is 42.6 Å². The smallest absolute Gasteiger partial charge is 0.274 e. The first kappa shape index (κ1) is 21.4. The van der Waals surface area contributed by atoms with Crippen LogP contribution in [-0.2, 0) is 17.8 Å². The second-order valence-electron chi connectivity index (χ2n) is 7.30. The molecule has 0 aliphatic rings. The summed E-state index contributed by atoms with van der Waals surface area (Å²) in [6, 6.07) is 18.6. The van der Waals surface area contributed by atoms with Crippen LogP contribution in [0.3, 0.4) is 0 Å². The fourth-order valence-corrected chi connectivity index (χ4v) is 3.15. The van der Waals surface area contributed by atoms with E-state index in [2.05, 4.69) is 60.9 Å². The van der Waals surface area contributed by atoms with Crippen LogP contribution in [0.1, 0.15) is 31.8 Å². The lowest BCUT2D eigenvalue weighted by Crippen LogP contribution is -2.25. The molecule has 7 heteroatoms. The molecule has 0 saturated heterocycles. The molecule has 0 fully saturated rings. The van der Waals surface area contributed by atoms with Gasteiger partial charge in [-0.15, -0.1) is 0 Å². The number of rotatable bonds is 8. The molecule has 2 amide bonds. The zero-order valence-electron chi connectivity index (χ0n) is 17.0. The second kappa shape index (κ2) is 9.98. The maximum Gasteiger partial charge on any atom is 0.274 e. The Kier molecular flexibility index (Phi) is 7.13. The first-order valence-corrected chi connectivity index (χ1v) is 9.59. The molecule has 30 heavy (non-hydrogen) atoms. The van der Waals surface area contributed by atoms with Crippen LogP contribution in [0, 0.1) is 0 Å². The Morgan fingerprint density at radius 1 is 0.867 bits per heavy atom. The van der Waals surface area contributed by atoms with E-state index in [0.29, 0.717) is 18.6 Å². The van der Waals surface area contributed by atoms with Crippen molar-refractivity contribution in [2.24, 2.45) is 0 Å². The summed E-state index contributed by atoms with van der Waals surface area (Å²) in [5.41, 5.74) is 6.94. The predicted molar refractivity (Wildman–Crippen MR) is 114 cm³/mol. The number of amides is 2. The van der Waals surface area contributed by atoms with Crippen LogP contribution in [0.2, 0.25) is 0 Å². The summed E-state index contributed by atoms with van der Waals surface area (Å²) in [4.78, 5) is 30.8. The van der Waals surface area contributed by atoms with E-state index in [-0.39, 0.29) is 5.56 Å². The molecule has 3 aromatic rings. The molecule has 3 aromatic carbocycles. The molecule has 0 aliphatic carbocycles. The summed E-state index contributed by atoms with van der Waals surface area (Å²) >= 11 is 0. The van der Waals surface area contributed by atoms with Crippen molar-refractivity contribution in [1.82, 2.24) is 15.9 Å². The van der Waals surface area contributed by atoms with E-state index in [0.717, 1.165) is 12.1 Å². The van der Waals surface area contributed by atoms with Gasteiger partial charge >= 0.3 is 0 Å². The van der Waals surface area contributed by atoms with E-state index in [1.54, 1.807) is 5.48 Å². The lowest BCUT2D eigenvalue weighted by atomic mass is 10.0. The summed E-state index contributed by atoms with van der Waals surface area (Å²) in [7, 11) is 4.10. The van der Waals surface area contributed by atoms with Gasteiger partial charge < -0.3 is 4.90 Å². The van der Waals surface area contributed by atoms with Crippen LogP contribution >= 0.6 is 0 Å². The maximum atomic E-state index is 12.1. The minimum atomic E-state index is -0.637. The van der Waals surface area contributed by atoms with Gasteiger partial charge in [-0.25, -0.2) is 11.0 Å². The van der Waals surface area contributed by atoms with Crippen LogP contribution in [0.5, 0.6) is 0 Å². The van der Waals surface area contributed by atoms with Crippen LogP contribution in [0.4, 0.5) is 0 Å². The zero-order chi connectivity index (χ0) is 21.5. The number of hydroxylamine groups is 2. The lowest BCUT2D eigenvalue weighted by molar-refractivity contribution is 0.0324. The summed E-state index contributed by atoms with van der Waals surface area (Å²) in [6.45, 7) is 1.24. The van der Waals surface area contributed by atoms with Crippen molar-refractivity contribution in [3.63, 3.8) is 0 Å². The van der Waals surface area contributed by atoms with Crippen LogP contribution in [0.25, 0.3) is 10.8 Å². The number of benzene rings is 3. The lowest BCUT2D eigenvalue weighted by Gasteiger charge is -2.11. The Morgan fingerprint density at radius 3 is 2.03 bits per heavy atom. The fraction of sp³-hybridized carbons (Fsp3) is 0.217. The average molecular weight is 407 g/mol. The van der Waals surface area contributed by atoms with Crippen molar-refractivity contribution < 1.29 is 19.6 Å². The van der Waals surface area contributed by atoms with E-state index in [9.17, 15) is 9.59 Å². The van der Waals surface area contributed by atoms with Crippen molar-refractivity contribution in [3.05, 3.63) is 82.9 Å². The molecule has 0 saturated carbocycles. The minimum Gasteiger partial charge on any atom is -0.305 e. The van der Waals surface area contributed by atoms with Gasteiger partial charge in [0.1, 0.15) is 0 Å². The van der Waals surface area contributed by atoms with Gasteiger partial charge in [0.25, 0.3) is 11.8 Å². The van der Waals surface area contributed by atoms with Gasteiger partial charge in [-0.05, 0) is 72.7 Å². The van der Waals surface area contributed by atoms with Crippen molar-refractivity contribution in [2.75, 3.05) is 20.7 Å². The second-order valence-corrected chi connectivity index (χ2v) is 7.30. The zero-order valence-corrected chi connectivity index (χ0v) is 17.0. The normalized spacial score (nSPS) is 10.9. The molecule has 0 aliphatic heterocycles. The van der Waals surface area contributed by atoms with Gasteiger partial charge in [-0.1, -0.05) is 30.3 Å². The van der Waals surface area contributed by atoms with Crippen molar-refractivity contribution in [1.29, 1.82) is 0 Å². The van der Waals surface area contributed by atoms with E-state index in [1.807, 2.05) is 0 Å². The highest BCUT2D eigenvalue weighted by molar-refractivity contribution is 5.97. The fourth-order valence-electron chi connectivity index (χ4n) is 3.15. The average Bonchev–Trinajstić information content (AvgIpc) is 2.75. The summed E-state index contributed by atoms with van der Waals surface area (Å²) in [5.74, 6) is -1.04. The van der Waals surface area contributed by atoms with Crippen molar-refractivity contribution in [3.8, 4) is 0 Å². The Balaban J connectivity index is 1.50. The van der Waals surface area contributed by atoms with Crippen molar-refractivity contribution in [2.45, 2.75) is 13.0 Å². The van der Waals surface area contributed by atoms with E-state index in [4.69, 9.17) is 10.0 Å². The third-order valence-electron chi connectivity index (χ3n) is 4.64. The monoisotopic (exact) mass is 407 g/mol. The molecule has 3 rings (SSSR count). The van der Waals surface area contributed by atoms with Gasteiger partial charge in [0.05, 0.1) is 6.61 Å². The van der Waals surface area contributed by atoms with Crippen molar-refractivity contribution >= 4 is 22.6 Å². The molecular weight excluding hydrogens is 382 g/mol. The Labute approximate surface area is 175 Å². The maximum absolute atomic E-state index is 12.1. The third kappa shape index (κ3) is 5.64. The van der Waals surface area contributed by atoms with E-state index in [1.165, 1.54) is 40.6 Å².